The average Bonchev–Trinajstić information content (AvgIpc) is 3.27. The quantitative estimate of drug-likeness (QED) is 0.458. The Morgan fingerprint density at radius 2 is 1.74 bits per heavy atom. The van der Waals surface area contributed by atoms with Crippen molar-refractivity contribution in [3.05, 3.63) is 41.7 Å². The van der Waals surface area contributed by atoms with E-state index >= 15 is 0 Å². The zero-order chi connectivity index (χ0) is 23.7. The second-order valence-electron chi connectivity index (χ2n) is 8.84. The smallest absolute Gasteiger partial charge is 0.248 e. The van der Waals surface area contributed by atoms with Crippen LogP contribution in [-0.2, 0) is 4.74 Å². The van der Waals surface area contributed by atoms with Crippen LogP contribution in [0.25, 0.3) is 11.0 Å². The maximum absolute atomic E-state index is 14.8. The number of aromatic amines is 1. The lowest BCUT2D eigenvalue weighted by Gasteiger charge is -2.29. The molecular weight excluding hydrogens is 449 g/mol. The minimum absolute atomic E-state index is 0.0455. The first-order chi connectivity index (χ1) is 16.4. The van der Waals surface area contributed by atoms with Crippen molar-refractivity contribution in [3.8, 4) is 0 Å². The summed E-state index contributed by atoms with van der Waals surface area (Å²) in [5.74, 6) is -3.31. The van der Waals surface area contributed by atoms with E-state index in [2.05, 4.69) is 30.6 Å². The number of aromatic nitrogens is 4. The number of nitrogens with one attached hydrogen (secondary N) is 3. The summed E-state index contributed by atoms with van der Waals surface area (Å²) in [6, 6.07) is 0.991. The third kappa shape index (κ3) is 4.70. The molecule has 1 saturated carbocycles. The summed E-state index contributed by atoms with van der Waals surface area (Å²) >= 11 is 0. The summed E-state index contributed by atoms with van der Waals surface area (Å²) in [6.07, 6.45) is 5.86. The summed E-state index contributed by atoms with van der Waals surface area (Å²) in [6.45, 7) is 1.30. The Labute approximate surface area is 193 Å². The molecule has 0 bridgehead atoms. The highest BCUT2D eigenvalue weighted by Gasteiger charge is 2.35. The lowest BCUT2D eigenvalue weighted by molar-refractivity contribution is -0.0361. The topological polar surface area (TPSA) is 105 Å². The van der Waals surface area contributed by atoms with E-state index in [1.807, 2.05) is 0 Å². The van der Waals surface area contributed by atoms with E-state index in [0.717, 1.165) is 18.9 Å². The molecule has 8 nitrogen and oxygen atoms in total. The van der Waals surface area contributed by atoms with Crippen LogP contribution in [0.5, 0.6) is 0 Å². The van der Waals surface area contributed by atoms with E-state index in [1.54, 1.807) is 0 Å². The fraction of sp³-hybridized carbons (Fsp3) is 0.478. The standard InChI is InChI=1S/C23H25F3N6O2/c24-17-9-13(10-27-20(17)31-14-1-5-23(25,26)6-2-14)19(33)16-11-28-21-18(16)22(30-12-29-21)32-15-3-7-34-8-4-15/h9-12,14-15H,1-8H2,(H,27,31)(H2,28,29,30,32). The van der Waals surface area contributed by atoms with E-state index < -0.39 is 17.5 Å². The van der Waals surface area contributed by atoms with Gasteiger partial charge in [0.05, 0.1) is 10.9 Å². The SMILES string of the molecule is O=C(c1cnc(NC2CCC(F)(F)CC2)c(F)c1)c1c[nH]c2ncnc(NC3CCOCC3)c12. The number of carbonyl (C=O) groups is 1. The molecule has 3 N–H and O–H groups in total. The van der Waals surface area contributed by atoms with Crippen LogP contribution in [0.1, 0.15) is 54.4 Å². The fourth-order valence-electron chi connectivity index (χ4n) is 4.49. The first kappa shape index (κ1) is 22.6. The molecule has 11 heteroatoms. The Morgan fingerprint density at radius 3 is 2.47 bits per heavy atom. The van der Waals surface area contributed by atoms with Gasteiger partial charge in [-0.3, -0.25) is 4.79 Å². The lowest BCUT2D eigenvalue weighted by Crippen LogP contribution is -2.32. The van der Waals surface area contributed by atoms with Crippen molar-refractivity contribution >= 4 is 28.5 Å². The number of ether oxygens (including phenoxy) is 1. The summed E-state index contributed by atoms with van der Waals surface area (Å²) in [7, 11) is 0. The molecule has 0 radical (unpaired) electrons. The molecule has 5 rings (SSSR count). The highest BCUT2D eigenvalue weighted by Crippen LogP contribution is 2.34. The van der Waals surface area contributed by atoms with Crippen molar-refractivity contribution in [2.45, 2.75) is 56.5 Å². The fourth-order valence-corrected chi connectivity index (χ4v) is 4.49. The number of fused-ring (bicyclic) bond motifs is 1. The number of nitrogens with zero attached hydrogens (tertiary/aromatic N) is 3. The molecule has 2 fully saturated rings. The Bertz CT molecular complexity index is 1180. The van der Waals surface area contributed by atoms with Gasteiger partial charge in [0.1, 0.15) is 17.8 Å². The molecule has 0 spiro atoms. The van der Waals surface area contributed by atoms with E-state index in [0.29, 0.717) is 35.6 Å². The van der Waals surface area contributed by atoms with Crippen molar-refractivity contribution in [1.82, 2.24) is 19.9 Å². The second kappa shape index (κ2) is 9.21. The van der Waals surface area contributed by atoms with Gasteiger partial charge in [-0.2, -0.15) is 0 Å². The van der Waals surface area contributed by atoms with E-state index in [1.165, 1.54) is 18.7 Å². The summed E-state index contributed by atoms with van der Waals surface area (Å²) in [5, 5.41) is 6.80. The Kier molecular flexibility index (Phi) is 6.11. The maximum atomic E-state index is 14.8. The number of anilines is 2. The number of H-pyrrole nitrogens is 1. The normalized spacial score (nSPS) is 19.3. The third-order valence-electron chi connectivity index (χ3n) is 6.44. The van der Waals surface area contributed by atoms with Gasteiger partial charge in [-0.05, 0) is 31.7 Å². The monoisotopic (exact) mass is 474 g/mol. The summed E-state index contributed by atoms with van der Waals surface area (Å²) in [4.78, 5) is 28.8. The van der Waals surface area contributed by atoms with Crippen LogP contribution in [0.4, 0.5) is 24.8 Å². The number of rotatable bonds is 6. The minimum Gasteiger partial charge on any atom is -0.381 e. The van der Waals surface area contributed by atoms with E-state index in [4.69, 9.17) is 4.74 Å². The Hall–Kier alpha value is -3.21. The molecule has 0 atom stereocenters. The molecule has 0 unspecified atom stereocenters. The molecule has 3 aromatic rings. The predicted octanol–water partition coefficient (Wildman–Crippen LogP) is 4.30. The Morgan fingerprint density at radius 1 is 1.03 bits per heavy atom. The zero-order valence-corrected chi connectivity index (χ0v) is 18.4. The van der Waals surface area contributed by atoms with Crippen molar-refractivity contribution in [1.29, 1.82) is 0 Å². The number of hydrogen-bond acceptors (Lipinski definition) is 7. The summed E-state index contributed by atoms with van der Waals surface area (Å²) < 4.78 is 46.9. The number of hydrogen-bond donors (Lipinski definition) is 3. The first-order valence-corrected chi connectivity index (χ1v) is 11.4. The van der Waals surface area contributed by atoms with E-state index in [-0.39, 0.29) is 49.1 Å². The molecule has 2 aliphatic rings. The number of pyridine rings is 1. The van der Waals surface area contributed by atoms with Crippen LogP contribution in [0.15, 0.2) is 24.8 Å². The van der Waals surface area contributed by atoms with Crippen molar-refractivity contribution in [2.24, 2.45) is 0 Å². The van der Waals surface area contributed by atoms with Gasteiger partial charge in [-0.15, -0.1) is 0 Å². The predicted molar refractivity (Wildman–Crippen MR) is 120 cm³/mol. The number of carbonyl (C=O) groups excluding carboxylic acids is 1. The van der Waals surface area contributed by atoms with Crippen LogP contribution in [0.3, 0.4) is 0 Å². The third-order valence-corrected chi connectivity index (χ3v) is 6.44. The first-order valence-electron chi connectivity index (χ1n) is 11.4. The number of ketones is 1. The summed E-state index contributed by atoms with van der Waals surface area (Å²) in [5.41, 5.74) is 0.871. The van der Waals surface area contributed by atoms with Gasteiger partial charge in [-0.1, -0.05) is 0 Å². The van der Waals surface area contributed by atoms with Crippen molar-refractivity contribution in [3.63, 3.8) is 0 Å². The molecule has 0 amide bonds. The molecular formula is C23H25F3N6O2. The average molecular weight is 474 g/mol. The number of alkyl halides is 2. The van der Waals surface area contributed by atoms with Crippen LogP contribution in [-0.4, -0.2) is 56.9 Å². The lowest BCUT2D eigenvalue weighted by atomic mass is 9.92. The van der Waals surface area contributed by atoms with Gasteiger partial charge in [0.25, 0.3) is 0 Å². The van der Waals surface area contributed by atoms with Crippen molar-refractivity contribution in [2.75, 3.05) is 23.8 Å². The molecule has 1 aliphatic heterocycles. The molecule has 3 aromatic heterocycles. The zero-order valence-electron chi connectivity index (χ0n) is 18.4. The van der Waals surface area contributed by atoms with Crippen LogP contribution in [0, 0.1) is 5.82 Å². The minimum atomic E-state index is -2.66. The maximum Gasteiger partial charge on any atom is 0.248 e. The van der Waals surface area contributed by atoms with Gasteiger partial charge in [0.2, 0.25) is 5.92 Å². The second-order valence-corrected chi connectivity index (χ2v) is 8.84. The van der Waals surface area contributed by atoms with Crippen molar-refractivity contribution < 1.29 is 22.7 Å². The molecule has 0 aromatic carbocycles. The highest BCUT2D eigenvalue weighted by molar-refractivity contribution is 6.17. The van der Waals surface area contributed by atoms with Gasteiger partial charge in [-0.25, -0.2) is 28.1 Å². The molecule has 1 saturated heterocycles. The van der Waals surface area contributed by atoms with Crippen LogP contribution < -0.4 is 10.6 Å². The molecule has 4 heterocycles. The highest BCUT2D eigenvalue weighted by atomic mass is 19.3. The Balaban J connectivity index is 1.36. The molecule has 1 aliphatic carbocycles. The van der Waals surface area contributed by atoms with Gasteiger partial charge < -0.3 is 20.4 Å². The van der Waals surface area contributed by atoms with Gasteiger partial charge >= 0.3 is 0 Å². The largest absolute Gasteiger partial charge is 0.381 e. The van der Waals surface area contributed by atoms with Crippen LogP contribution >= 0.6 is 0 Å². The van der Waals surface area contributed by atoms with Crippen LogP contribution in [0.2, 0.25) is 0 Å². The number of halogens is 3. The molecule has 34 heavy (non-hydrogen) atoms. The van der Waals surface area contributed by atoms with Gasteiger partial charge in [0.15, 0.2) is 17.4 Å². The molecule has 180 valence electrons. The van der Waals surface area contributed by atoms with E-state index in [9.17, 15) is 18.0 Å². The van der Waals surface area contributed by atoms with Gasteiger partial charge in [0, 0.05) is 56.1 Å².